The molecule has 5 nitrogen and oxygen atoms in total. The highest BCUT2D eigenvalue weighted by Gasteiger charge is 2.03. The number of hydrogen-bond acceptors (Lipinski definition) is 5. The topological polar surface area (TPSA) is 73.6 Å². The molecule has 1 aromatic heterocycles. The van der Waals surface area contributed by atoms with Crippen LogP contribution in [0.3, 0.4) is 0 Å². The second-order valence-electron chi connectivity index (χ2n) is 2.83. The average Bonchev–Trinajstić information content (AvgIpc) is 2.66. The van der Waals surface area contributed by atoms with Crippen molar-refractivity contribution in [3.8, 4) is 0 Å². The lowest BCUT2D eigenvalue weighted by Crippen LogP contribution is -2.16. The Labute approximate surface area is 92.1 Å². The van der Waals surface area contributed by atoms with Crippen molar-refractivity contribution in [2.45, 2.75) is 6.54 Å². The molecule has 1 amide bonds. The van der Waals surface area contributed by atoms with E-state index in [4.69, 9.17) is 15.3 Å². The molecule has 0 aliphatic rings. The molecule has 0 unspecified atom stereocenters. The number of thiophene rings is 1. The van der Waals surface area contributed by atoms with Crippen LogP contribution in [0.2, 0.25) is 0 Å². The molecule has 0 radical (unpaired) electrons. The number of amides is 1. The molecule has 0 saturated heterocycles. The summed E-state index contributed by atoms with van der Waals surface area (Å²) in [6, 6.07) is 1.75. The number of hydrogen-bond donors (Lipinski definition) is 2. The number of rotatable bonds is 7. The van der Waals surface area contributed by atoms with Gasteiger partial charge in [0.25, 0.3) is 0 Å². The van der Waals surface area contributed by atoms with E-state index in [0.29, 0.717) is 25.3 Å². The fraction of sp³-hybridized carbons (Fsp3) is 0.444. The highest BCUT2D eigenvalue weighted by Crippen LogP contribution is 2.13. The van der Waals surface area contributed by atoms with E-state index < -0.39 is 5.91 Å². The zero-order valence-electron chi connectivity index (χ0n) is 8.49. The molecule has 0 saturated carbocycles. The Hall–Kier alpha value is -0.950. The molecule has 84 valence electrons. The summed E-state index contributed by atoms with van der Waals surface area (Å²) >= 11 is 1.47. The Morgan fingerprint density at radius 1 is 1.60 bits per heavy atom. The van der Waals surface area contributed by atoms with Gasteiger partial charge in [-0.2, -0.15) is 5.48 Å². The van der Waals surface area contributed by atoms with Crippen LogP contribution < -0.4 is 11.2 Å². The second kappa shape index (κ2) is 6.52. The number of primary amides is 1. The lowest BCUT2D eigenvalue weighted by Gasteiger charge is -2.02. The lowest BCUT2D eigenvalue weighted by atomic mass is 10.3. The van der Waals surface area contributed by atoms with E-state index in [1.165, 1.54) is 11.3 Å². The first kappa shape index (κ1) is 12.1. The van der Waals surface area contributed by atoms with E-state index in [0.717, 1.165) is 4.88 Å². The summed E-state index contributed by atoms with van der Waals surface area (Å²) in [7, 11) is 1.61. The molecule has 0 aliphatic carbocycles. The summed E-state index contributed by atoms with van der Waals surface area (Å²) in [6.45, 7) is 1.59. The van der Waals surface area contributed by atoms with E-state index in [-0.39, 0.29) is 0 Å². The van der Waals surface area contributed by atoms with Gasteiger partial charge in [-0.05, 0) is 6.07 Å². The number of ether oxygens (including phenoxy) is 1. The highest BCUT2D eigenvalue weighted by atomic mass is 32.1. The van der Waals surface area contributed by atoms with Crippen molar-refractivity contribution in [2.24, 2.45) is 5.73 Å². The molecular formula is C9H14N2O3S. The van der Waals surface area contributed by atoms with Crippen LogP contribution in [0.25, 0.3) is 0 Å². The Bertz CT molecular complexity index is 314. The standard InChI is InChI=1S/C9H14N2O3S/c1-13-2-3-14-11-5-8-4-7(6-15-8)9(10)12/h4,6,11H,2-3,5H2,1H3,(H2,10,12). The van der Waals surface area contributed by atoms with Crippen molar-refractivity contribution >= 4 is 17.2 Å². The normalized spacial score (nSPS) is 10.5. The van der Waals surface area contributed by atoms with E-state index in [2.05, 4.69) is 5.48 Å². The molecule has 1 heterocycles. The van der Waals surface area contributed by atoms with Crippen LogP contribution in [0.15, 0.2) is 11.4 Å². The number of carbonyl (C=O) groups is 1. The molecule has 1 aromatic rings. The summed E-state index contributed by atoms with van der Waals surface area (Å²) in [6.07, 6.45) is 0. The van der Waals surface area contributed by atoms with Crippen LogP contribution in [-0.2, 0) is 16.1 Å². The first-order chi connectivity index (χ1) is 7.24. The van der Waals surface area contributed by atoms with Crippen LogP contribution in [0, 0.1) is 0 Å². The van der Waals surface area contributed by atoms with Gasteiger partial charge >= 0.3 is 0 Å². The van der Waals surface area contributed by atoms with Gasteiger partial charge in [0.05, 0.1) is 25.3 Å². The molecule has 0 atom stereocenters. The van der Waals surface area contributed by atoms with Crippen molar-refractivity contribution in [3.63, 3.8) is 0 Å². The molecule has 0 aromatic carbocycles. The van der Waals surface area contributed by atoms with Crippen LogP contribution in [0.1, 0.15) is 15.2 Å². The zero-order chi connectivity index (χ0) is 11.1. The van der Waals surface area contributed by atoms with Gasteiger partial charge in [-0.1, -0.05) is 0 Å². The molecular weight excluding hydrogens is 216 g/mol. The smallest absolute Gasteiger partial charge is 0.249 e. The van der Waals surface area contributed by atoms with Gasteiger partial charge in [0.2, 0.25) is 5.91 Å². The summed E-state index contributed by atoms with van der Waals surface area (Å²) < 4.78 is 4.81. The first-order valence-corrected chi connectivity index (χ1v) is 5.33. The van der Waals surface area contributed by atoms with Gasteiger partial charge in [-0.3, -0.25) is 9.63 Å². The third kappa shape index (κ3) is 4.39. The largest absolute Gasteiger partial charge is 0.382 e. The minimum atomic E-state index is -0.405. The van der Waals surface area contributed by atoms with Gasteiger partial charge in [0.1, 0.15) is 0 Å². The maximum atomic E-state index is 10.8. The average molecular weight is 230 g/mol. The third-order valence-electron chi connectivity index (χ3n) is 1.68. The van der Waals surface area contributed by atoms with Crippen LogP contribution >= 0.6 is 11.3 Å². The van der Waals surface area contributed by atoms with E-state index in [1.807, 2.05) is 0 Å². The fourth-order valence-electron chi connectivity index (χ4n) is 0.922. The molecule has 0 aliphatic heterocycles. The molecule has 6 heteroatoms. The van der Waals surface area contributed by atoms with E-state index in [1.54, 1.807) is 18.6 Å². The molecule has 3 N–H and O–H groups in total. The van der Waals surface area contributed by atoms with Crippen molar-refractivity contribution < 1.29 is 14.4 Å². The van der Waals surface area contributed by atoms with Gasteiger partial charge < -0.3 is 10.5 Å². The summed E-state index contributed by atoms with van der Waals surface area (Å²) in [5.41, 5.74) is 8.42. The number of hydroxylamine groups is 1. The van der Waals surface area contributed by atoms with Crippen molar-refractivity contribution in [3.05, 3.63) is 21.9 Å². The Morgan fingerprint density at radius 2 is 2.40 bits per heavy atom. The molecule has 0 fully saturated rings. The number of nitrogens with two attached hydrogens (primary N) is 1. The monoisotopic (exact) mass is 230 g/mol. The van der Waals surface area contributed by atoms with E-state index in [9.17, 15) is 4.79 Å². The first-order valence-electron chi connectivity index (χ1n) is 4.45. The van der Waals surface area contributed by atoms with Gasteiger partial charge in [0.15, 0.2) is 0 Å². The Morgan fingerprint density at radius 3 is 3.00 bits per heavy atom. The summed E-state index contributed by atoms with van der Waals surface area (Å²) in [5, 5.41) is 1.73. The molecule has 1 rings (SSSR count). The quantitative estimate of drug-likeness (QED) is 0.529. The predicted octanol–water partition coefficient (Wildman–Crippen LogP) is 0.515. The maximum Gasteiger partial charge on any atom is 0.249 e. The number of methoxy groups -OCH3 is 1. The van der Waals surface area contributed by atoms with Crippen molar-refractivity contribution in [2.75, 3.05) is 20.3 Å². The summed E-state index contributed by atoms with van der Waals surface area (Å²) in [4.78, 5) is 16.9. The fourth-order valence-corrected chi connectivity index (χ4v) is 1.72. The van der Waals surface area contributed by atoms with Crippen LogP contribution in [-0.4, -0.2) is 26.2 Å². The maximum absolute atomic E-state index is 10.8. The second-order valence-corrected chi connectivity index (χ2v) is 3.82. The van der Waals surface area contributed by atoms with E-state index >= 15 is 0 Å². The van der Waals surface area contributed by atoms with Gasteiger partial charge in [0, 0.05) is 17.4 Å². The number of nitrogens with one attached hydrogen (secondary N) is 1. The Balaban J connectivity index is 2.23. The van der Waals surface area contributed by atoms with Crippen molar-refractivity contribution in [1.29, 1.82) is 0 Å². The molecule has 0 spiro atoms. The predicted molar refractivity (Wildman–Crippen MR) is 57.5 cm³/mol. The highest BCUT2D eigenvalue weighted by molar-refractivity contribution is 7.10. The lowest BCUT2D eigenvalue weighted by molar-refractivity contribution is 0.00386. The van der Waals surface area contributed by atoms with Crippen LogP contribution in [0.5, 0.6) is 0 Å². The SMILES string of the molecule is COCCONCc1cc(C(N)=O)cs1. The molecule has 0 bridgehead atoms. The zero-order valence-corrected chi connectivity index (χ0v) is 9.30. The number of carbonyl (C=O) groups excluding carboxylic acids is 1. The minimum absolute atomic E-state index is 0.405. The van der Waals surface area contributed by atoms with Crippen molar-refractivity contribution in [1.82, 2.24) is 5.48 Å². The molecule has 15 heavy (non-hydrogen) atoms. The third-order valence-corrected chi connectivity index (χ3v) is 2.61. The summed E-state index contributed by atoms with van der Waals surface area (Å²) in [5.74, 6) is -0.405. The minimum Gasteiger partial charge on any atom is -0.382 e. The van der Waals surface area contributed by atoms with Gasteiger partial charge in [-0.15, -0.1) is 11.3 Å². The van der Waals surface area contributed by atoms with Gasteiger partial charge in [-0.25, -0.2) is 0 Å². The Kier molecular flexibility index (Phi) is 5.27. The van der Waals surface area contributed by atoms with Crippen LogP contribution in [0.4, 0.5) is 0 Å².